The smallest absolute Gasteiger partial charge is 0.748 e. The largest absolute Gasteiger partial charge is 1.00 e. The van der Waals surface area contributed by atoms with Gasteiger partial charge < -0.3 is 8.42 Å². The van der Waals surface area contributed by atoms with Crippen LogP contribution in [0.25, 0.3) is 0 Å². The Kier molecular flexibility index (Phi) is 6.98. The molecule has 0 spiro atoms. The molecule has 0 bridgehead atoms. The van der Waals surface area contributed by atoms with Crippen LogP contribution in [0, 0.1) is 0 Å². The summed E-state index contributed by atoms with van der Waals surface area (Å²) in [6.07, 6.45) is 0. The second-order valence-electron chi connectivity index (χ2n) is 3.72. The second kappa shape index (κ2) is 5.81. The van der Waals surface area contributed by atoms with Crippen molar-refractivity contribution in [3.05, 3.63) is 0 Å². The van der Waals surface area contributed by atoms with Gasteiger partial charge in [-0.25, -0.2) is 16.8 Å². The molecule has 0 aliphatic carbocycles. The van der Waals surface area contributed by atoms with Crippen molar-refractivity contribution in [2.24, 2.45) is 0 Å². The fraction of sp³-hybridized carbons (Fsp3) is 1.00. The molecule has 0 aromatic heterocycles. The Morgan fingerprint density at radius 2 is 1.47 bits per heavy atom. The molecular weight excluding hydrogens is 255 g/mol. The Morgan fingerprint density at radius 1 is 1.07 bits per heavy atom. The third-order valence-corrected chi connectivity index (χ3v) is 5.64. The Hall–Kier alpha value is 0.634. The van der Waals surface area contributed by atoms with Crippen molar-refractivity contribution in [1.82, 2.24) is 0 Å². The molecule has 0 saturated carbocycles. The van der Waals surface area contributed by atoms with E-state index in [9.17, 15) is 21.4 Å². The molecule has 0 fully saturated rings. The summed E-state index contributed by atoms with van der Waals surface area (Å²) in [5, 5.41) is 0. The van der Waals surface area contributed by atoms with E-state index in [2.05, 4.69) is 0 Å². The average Bonchev–Trinajstić information content (AvgIpc) is 1.76. The van der Waals surface area contributed by atoms with Gasteiger partial charge in [-0.05, 0) is 19.6 Å². The number of rotatable bonds is 5. The van der Waals surface area contributed by atoms with E-state index in [1.165, 1.54) is 0 Å². The zero-order valence-corrected chi connectivity index (χ0v) is 11.8. The van der Waals surface area contributed by atoms with Crippen molar-refractivity contribution in [2.45, 2.75) is 19.6 Å². The fourth-order valence-corrected chi connectivity index (χ4v) is 5.64. The molecule has 0 unspecified atom stereocenters. The summed E-state index contributed by atoms with van der Waals surface area (Å²) in [7, 11) is -10.7. The summed E-state index contributed by atoms with van der Waals surface area (Å²) in [6.45, 7) is 4.95. The molecular formula is C5H13LiO6S2Si. The monoisotopic (exact) mass is 268 g/mol. The summed E-state index contributed by atoms with van der Waals surface area (Å²) >= 11 is 0. The van der Waals surface area contributed by atoms with Gasteiger partial charge in [0.25, 0.3) is 10.1 Å². The topological polar surface area (TPSA) is 101 Å². The molecule has 0 aliphatic heterocycles. The van der Waals surface area contributed by atoms with Gasteiger partial charge in [0, 0.05) is 0 Å². The Labute approximate surface area is 104 Å². The van der Waals surface area contributed by atoms with Gasteiger partial charge in [0.05, 0.1) is 21.6 Å². The van der Waals surface area contributed by atoms with Gasteiger partial charge in [-0.15, -0.1) is 0 Å². The Morgan fingerprint density at radius 3 is 1.73 bits per heavy atom. The SMILES string of the molecule is C[Si](C)(C)OS(=O)(=O)CCS(=O)(=O)[O-].[Li+]. The third-order valence-electron chi connectivity index (χ3n) is 0.960. The molecule has 0 aromatic rings. The van der Waals surface area contributed by atoms with E-state index in [1.807, 2.05) is 0 Å². The standard InChI is InChI=1S/C5H14O6S2Si.Li/c1-14(2,3)11-13(9,10)5-4-12(6,7)8;/h4-5H2,1-3H3,(H,6,7,8);/q;+1/p-1. The van der Waals surface area contributed by atoms with Gasteiger partial charge in [0.2, 0.25) is 8.32 Å². The second-order valence-corrected chi connectivity index (χ2v) is 11.7. The maximum Gasteiger partial charge on any atom is 1.00 e. The minimum Gasteiger partial charge on any atom is -0.748 e. The molecule has 0 rings (SSSR count). The van der Waals surface area contributed by atoms with Gasteiger partial charge in [-0.2, -0.15) is 0 Å². The zero-order chi connectivity index (χ0) is 11.6. The van der Waals surface area contributed by atoms with Gasteiger partial charge in [0.15, 0.2) is 0 Å². The first-order valence-electron chi connectivity index (χ1n) is 3.78. The predicted molar refractivity (Wildman–Crippen MR) is 52.8 cm³/mol. The van der Waals surface area contributed by atoms with Crippen LogP contribution in [0.1, 0.15) is 0 Å². The van der Waals surface area contributed by atoms with Crippen molar-refractivity contribution in [2.75, 3.05) is 11.5 Å². The molecule has 86 valence electrons. The van der Waals surface area contributed by atoms with E-state index in [0.29, 0.717) is 0 Å². The maximum absolute atomic E-state index is 11.1. The first kappa shape index (κ1) is 18.0. The average molecular weight is 268 g/mol. The maximum atomic E-state index is 11.1. The molecule has 10 heteroatoms. The van der Waals surface area contributed by atoms with Crippen molar-refractivity contribution < 1.29 is 44.1 Å². The van der Waals surface area contributed by atoms with Crippen LogP contribution < -0.4 is 18.9 Å². The van der Waals surface area contributed by atoms with Gasteiger partial charge in [0.1, 0.15) is 0 Å². The molecule has 0 radical (unpaired) electrons. The molecule has 0 atom stereocenters. The molecule has 0 aromatic carbocycles. The minimum absolute atomic E-state index is 0. The summed E-state index contributed by atoms with van der Waals surface area (Å²) < 4.78 is 57.5. The number of hydrogen-bond donors (Lipinski definition) is 0. The summed E-state index contributed by atoms with van der Waals surface area (Å²) in [5.74, 6) is -1.72. The molecule has 15 heavy (non-hydrogen) atoms. The van der Waals surface area contributed by atoms with E-state index in [0.717, 1.165) is 0 Å². The van der Waals surface area contributed by atoms with E-state index < -0.39 is 40.1 Å². The molecule has 0 amide bonds. The minimum atomic E-state index is -4.51. The van der Waals surface area contributed by atoms with Gasteiger partial charge in [-0.1, -0.05) is 0 Å². The quantitative estimate of drug-likeness (QED) is 0.383. The van der Waals surface area contributed by atoms with Crippen molar-refractivity contribution in [3.8, 4) is 0 Å². The fourth-order valence-electron chi connectivity index (χ4n) is 0.627. The zero-order valence-electron chi connectivity index (χ0n) is 9.18. The van der Waals surface area contributed by atoms with E-state index in [-0.39, 0.29) is 18.9 Å². The van der Waals surface area contributed by atoms with Crippen molar-refractivity contribution in [3.63, 3.8) is 0 Å². The summed E-state index contributed by atoms with van der Waals surface area (Å²) in [5.41, 5.74) is 0. The first-order chi connectivity index (χ1) is 5.91. The van der Waals surface area contributed by atoms with Crippen molar-refractivity contribution >= 4 is 28.6 Å². The van der Waals surface area contributed by atoms with Gasteiger partial charge >= 0.3 is 18.9 Å². The molecule has 0 N–H and O–H groups in total. The summed E-state index contributed by atoms with van der Waals surface area (Å²) in [6, 6.07) is 0. The van der Waals surface area contributed by atoms with Crippen LogP contribution in [0.5, 0.6) is 0 Å². The van der Waals surface area contributed by atoms with Crippen molar-refractivity contribution in [1.29, 1.82) is 0 Å². The van der Waals surface area contributed by atoms with Crippen LogP contribution in [0.3, 0.4) is 0 Å². The number of hydrogen-bond acceptors (Lipinski definition) is 6. The summed E-state index contributed by atoms with van der Waals surface area (Å²) in [4.78, 5) is 0. The predicted octanol–water partition coefficient (Wildman–Crippen LogP) is -3.28. The molecule has 0 heterocycles. The van der Waals surface area contributed by atoms with E-state index in [4.69, 9.17) is 3.87 Å². The van der Waals surface area contributed by atoms with Gasteiger partial charge in [-0.3, -0.25) is 0 Å². The van der Waals surface area contributed by atoms with Crippen LogP contribution >= 0.6 is 0 Å². The van der Waals surface area contributed by atoms with Crippen LogP contribution in [0.15, 0.2) is 0 Å². The van der Waals surface area contributed by atoms with Crippen LogP contribution in [0.2, 0.25) is 19.6 Å². The molecule has 6 nitrogen and oxygen atoms in total. The van der Waals surface area contributed by atoms with E-state index in [1.54, 1.807) is 19.6 Å². The normalized spacial score (nSPS) is 13.3. The first-order valence-corrected chi connectivity index (χ1v) is 10.3. The van der Waals surface area contributed by atoms with Crippen LogP contribution in [-0.4, -0.2) is 41.2 Å². The van der Waals surface area contributed by atoms with Crippen LogP contribution in [-0.2, 0) is 24.1 Å². The Bertz CT molecular complexity index is 380. The Balaban J connectivity index is 0. The van der Waals surface area contributed by atoms with Crippen LogP contribution in [0.4, 0.5) is 0 Å². The van der Waals surface area contributed by atoms with E-state index >= 15 is 0 Å². The molecule has 0 aliphatic rings. The third kappa shape index (κ3) is 12.6. The molecule has 0 saturated heterocycles.